The van der Waals surface area contributed by atoms with Gasteiger partial charge in [-0.1, -0.05) is 17.8 Å². The highest BCUT2D eigenvalue weighted by molar-refractivity contribution is 7.22. The molecule has 5 nitrogen and oxygen atoms in total. The third-order valence-corrected chi connectivity index (χ3v) is 7.43. The summed E-state index contributed by atoms with van der Waals surface area (Å²) >= 11 is 1.73. The summed E-state index contributed by atoms with van der Waals surface area (Å²) in [5.41, 5.74) is 0.976. The molecule has 0 N–H and O–H groups in total. The van der Waals surface area contributed by atoms with Crippen molar-refractivity contribution in [2.75, 3.05) is 31.1 Å². The molecule has 2 unspecified atom stereocenters. The number of anilines is 1. The maximum absolute atomic E-state index is 12.9. The van der Waals surface area contributed by atoms with Crippen LogP contribution in [-0.2, 0) is 4.79 Å². The normalized spacial score (nSPS) is 27.2. The third-order valence-electron chi connectivity index (χ3n) is 6.33. The molecule has 4 heterocycles. The first-order valence-electron chi connectivity index (χ1n) is 9.52. The van der Waals surface area contributed by atoms with Gasteiger partial charge in [-0.25, -0.2) is 4.98 Å². The first kappa shape index (κ1) is 15.6. The number of piperidine rings is 1. The number of carbonyl (C=O) groups excluding carboxylic acids is 1. The molecule has 3 aliphatic rings. The van der Waals surface area contributed by atoms with Crippen molar-refractivity contribution in [3.63, 3.8) is 0 Å². The van der Waals surface area contributed by atoms with E-state index in [2.05, 4.69) is 14.8 Å². The van der Waals surface area contributed by atoms with Crippen LogP contribution in [-0.4, -0.2) is 47.0 Å². The Kier molecular flexibility index (Phi) is 3.88. The molecule has 6 heteroatoms. The second-order valence-corrected chi connectivity index (χ2v) is 8.80. The molecule has 25 heavy (non-hydrogen) atoms. The molecule has 2 aliphatic heterocycles. The maximum Gasteiger partial charge on any atom is 0.225 e. The number of fused-ring (bicyclic) bond motifs is 2. The van der Waals surface area contributed by atoms with Crippen LogP contribution in [0.5, 0.6) is 0 Å². The summed E-state index contributed by atoms with van der Waals surface area (Å²) in [6.45, 7) is 3.91. The van der Waals surface area contributed by atoms with Crippen LogP contribution in [0, 0.1) is 17.8 Å². The Morgan fingerprint density at radius 3 is 2.60 bits per heavy atom. The highest BCUT2D eigenvalue weighted by atomic mass is 32.1. The van der Waals surface area contributed by atoms with E-state index in [1.54, 1.807) is 11.3 Å². The molecule has 1 amide bonds. The van der Waals surface area contributed by atoms with Crippen molar-refractivity contribution in [1.82, 2.24) is 14.9 Å². The summed E-state index contributed by atoms with van der Waals surface area (Å²) in [5, 5.41) is 1.07. The molecule has 0 spiro atoms. The van der Waals surface area contributed by atoms with Gasteiger partial charge in [0.15, 0.2) is 5.13 Å². The molecule has 2 aromatic rings. The van der Waals surface area contributed by atoms with Crippen LogP contribution in [0.1, 0.15) is 32.1 Å². The molecule has 132 valence electrons. The number of thiazole rings is 1. The largest absolute Gasteiger partial charge is 0.348 e. The van der Waals surface area contributed by atoms with Crippen LogP contribution in [0.4, 0.5) is 5.13 Å². The monoisotopic (exact) mass is 356 g/mol. The zero-order valence-corrected chi connectivity index (χ0v) is 15.2. The summed E-state index contributed by atoms with van der Waals surface area (Å²) in [6.07, 6.45) is 9.60. The Labute approximate surface area is 152 Å². The Morgan fingerprint density at radius 1 is 1.12 bits per heavy atom. The van der Waals surface area contributed by atoms with E-state index in [1.807, 2.05) is 18.5 Å². The number of amides is 1. The Bertz CT molecular complexity index is 738. The molecular weight excluding hydrogens is 332 g/mol. The minimum atomic E-state index is 0.214. The van der Waals surface area contributed by atoms with E-state index in [0.29, 0.717) is 5.91 Å². The van der Waals surface area contributed by atoms with Crippen LogP contribution < -0.4 is 4.90 Å². The molecule has 2 atom stereocenters. The lowest BCUT2D eigenvalue weighted by atomic mass is 9.95. The lowest BCUT2D eigenvalue weighted by Gasteiger charge is -2.33. The Morgan fingerprint density at radius 2 is 1.88 bits per heavy atom. The Hall–Kier alpha value is -1.69. The third kappa shape index (κ3) is 2.80. The molecule has 0 radical (unpaired) electrons. The van der Waals surface area contributed by atoms with Crippen molar-refractivity contribution in [3.05, 3.63) is 18.5 Å². The average Bonchev–Trinajstić information content (AvgIpc) is 3.35. The van der Waals surface area contributed by atoms with E-state index in [0.717, 1.165) is 61.5 Å². The van der Waals surface area contributed by atoms with Gasteiger partial charge in [-0.2, -0.15) is 0 Å². The highest BCUT2D eigenvalue weighted by Gasteiger charge is 2.40. The van der Waals surface area contributed by atoms with Crippen molar-refractivity contribution in [3.8, 4) is 0 Å². The van der Waals surface area contributed by atoms with Gasteiger partial charge in [-0.05, 0) is 43.6 Å². The van der Waals surface area contributed by atoms with E-state index >= 15 is 0 Å². The van der Waals surface area contributed by atoms with Crippen LogP contribution in [0.25, 0.3) is 10.2 Å². The van der Waals surface area contributed by atoms with Gasteiger partial charge in [-0.3, -0.25) is 9.78 Å². The smallest absolute Gasteiger partial charge is 0.225 e. The van der Waals surface area contributed by atoms with E-state index in [9.17, 15) is 4.79 Å². The minimum Gasteiger partial charge on any atom is -0.348 e. The Balaban J connectivity index is 1.21. The van der Waals surface area contributed by atoms with Gasteiger partial charge in [0.1, 0.15) is 5.52 Å². The first-order chi connectivity index (χ1) is 12.3. The summed E-state index contributed by atoms with van der Waals surface area (Å²) in [6, 6.07) is 2.02. The predicted molar refractivity (Wildman–Crippen MR) is 99.8 cm³/mol. The number of pyridine rings is 1. The van der Waals surface area contributed by atoms with E-state index in [-0.39, 0.29) is 5.92 Å². The molecular formula is C19H24N4OS. The highest BCUT2D eigenvalue weighted by Crippen LogP contribution is 2.39. The fraction of sp³-hybridized carbons (Fsp3) is 0.632. The number of carbonyl (C=O) groups is 1. The average molecular weight is 356 g/mol. The van der Waals surface area contributed by atoms with Gasteiger partial charge in [0.05, 0.1) is 10.9 Å². The quantitative estimate of drug-likeness (QED) is 0.829. The fourth-order valence-corrected chi connectivity index (χ4v) is 5.88. The number of hydrogen-bond donors (Lipinski definition) is 0. The predicted octanol–water partition coefficient (Wildman–Crippen LogP) is 3.17. The topological polar surface area (TPSA) is 49.3 Å². The minimum absolute atomic E-state index is 0.214. The van der Waals surface area contributed by atoms with Crippen LogP contribution in [0.15, 0.2) is 18.5 Å². The van der Waals surface area contributed by atoms with Gasteiger partial charge >= 0.3 is 0 Å². The molecule has 1 aliphatic carbocycles. The lowest BCUT2D eigenvalue weighted by Crippen LogP contribution is -2.42. The van der Waals surface area contributed by atoms with Crippen LogP contribution in [0.2, 0.25) is 0 Å². The molecule has 0 bridgehead atoms. The summed E-state index contributed by atoms with van der Waals surface area (Å²) in [4.78, 5) is 26.3. The van der Waals surface area contributed by atoms with E-state index in [4.69, 9.17) is 4.98 Å². The number of rotatable bonds is 2. The van der Waals surface area contributed by atoms with Crippen molar-refractivity contribution in [2.45, 2.75) is 32.1 Å². The molecule has 0 aromatic carbocycles. The number of hydrogen-bond acceptors (Lipinski definition) is 5. The van der Waals surface area contributed by atoms with Crippen LogP contribution in [0.3, 0.4) is 0 Å². The number of likely N-dealkylation sites (tertiary alicyclic amines) is 1. The maximum atomic E-state index is 12.9. The van der Waals surface area contributed by atoms with Gasteiger partial charge < -0.3 is 9.80 Å². The van der Waals surface area contributed by atoms with Gasteiger partial charge in [-0.15, -0.1) is 0 Å². The van der Waals surface area contributed by atoms with Crippen molar-refractivity contribution in [1.29, 1.82) is 0 Å². The summed E-state index contributed by atoms with van der Waals surface area (Å²) < 4.78 is 1.19. The van der Waals surface area contributed by atoms with Gasteiger partial charge in [0.2, 0.25) is 5.91 Å². The van der Waals surface area contributed by atoms with Crippen molar-refractivity contribution in [2.24, 2.45) is 17.8 Å². The summed E-state index contributed by atoms with van der Waals surface area (Å²) in [7, 11) is 0. The van der Waals surface area contributed by atoms with E-state index in [1.165, 1.54) is 24.0 Å². The second kappa shape index (κ2) is 6.24. The SMILES string of the molecule is O=C(C1CCN(c2nc3cnccc3s2)CC1)N1CC2CCCC2C1. The van der Waals surface area contributed by atoms with Crippen LogP contribution >= 0.6 is 11.3 Å². The molecule has 2 aromatic heterocycles. The van der Waals surface area contributed by atoms with Gasteiger partial charge in [0, 0.05) is 38.3 Å². The summed E-state index contributed by atoms with van der Waals surface area (Å²) in [5.74, 6) is 2.22. The lowest BCUT2D eigenvalue weighted by molar-refractivity contribution is -0.135. The van der Waals surface area contributed by atoms with Crippen molar-refractivity contribution < 1.29 is 4.79 Å². The molecule has 2 saturated heterocycles. The van der Waals surface area contributed by atoms with Gasteiger partial charge in [0.25, 0.3) is 0 Å². The second-order valence-electron chi connectivity index (χ2n) is 7.80. The first-order valence-corrected chi connectivity index (χ1v) is 10.3. The molecule has 5 rings (SSSR count). The fourth-order valence-electron chi connectivity index (χ4n) is 4.89. The molecule has 1 saturated carbocycles. The number of nitrogens with zero attached hydrogens (tertiary/aromatic N) is 4. The molecule has 3 fully saturated rings. The van der Waals surface area contributed by atoms with Crippen molar-refractivity contribution >= 4 is 32.6 Å². The number of aromatic nitrogens is 2. The zero-order chi connectivity index (χ0) is 16.8. The van der Waals surface area contributed by atoms with E-state index < -0.39 is 0 Å². The zero-order valence-electron chi connectivity index (χ0n) is 14.4. The standard InChI is InChI=1S/C19H24N4OS/c24-18(23-11-14-2-1-3-15(14)12-23)13-5-8-22(9-6-13)19-21-16-10-20-7-4-17(16)25-19/h4,7,10,13-15H,1-3,5-6,8-9,11-12H2.